The lowest BCUT2D eigenvalue weighted by Crippen LogP contribution is -2.00. The predicted molar refractivity (Wildman–Crippen MR) is 66.4 cm³/mol. The van der Waals surface area contributed by atoms with Crippen LogP contribution in [0.5, 0.6) is 5.75 Å². The Balaban J connectivity index is 2.47. The standard InChI is InChI=1S/C15H10F2O2/c1-6-7(2)14(18)12-11(13(6)17)9-4-3-8(16)5-10(9)15(12)19/h3-5,18H,1-2H3. The molecule has 0 saturated carbocycles. The van der Waals surface area contributed by atoms with E-state index in [9.17, 15) is 18.7 Å². The highest BCUT2D eigenvalue weighted by molar-refractivity contribution is 6.23. The third-order valence-electron chi connectivity index (χ3n) is 3.68. The molecule has 0 bridgehead atoms. The molecule has 0 saturated heterocycles. The average Bonchev–Trinajstić information content (AvgIpc) is 2.67. The number of carbonyl (C=O) groups excluding carboxylic acids is 1. The van der Waals surface area contributed by atoms with E-state index in [0.29, 0.717) is 16.7 Å². The molecule has 96 valence electrons. The van der Waals surface area contributed by atoms with Crippen LogP contribution in [-0.4, -0.2) is 10.9 Å². The number of carbonyl (C=O) groups is 1. The summed E-state index contributed by atoms with van der Waals surface area (Å²) in [5.74, 6) is -1.86. The van der Waals surface area contributed by atoms with E-state index in [4.69, 9.17) is 0 Å². The highest BCUT2D eigenvalue weighted by atomic mass is 19.1. The van der Waals surface area contributed by atoms with Gasteiger partial charge >= 0.3 is 0 Å². The molecule has 1 aliphatic carbocycles. The molecule has 19 heavy (non-hydrogen) atoms. The van der Waals surface area contributed by atoms with E-state index >= 15 is 0 Å². The second-order valence-corrected chi connectivity index (χ2v) is 4.68. The van der Waals surface area contributed by atoms with Crippen molar-refractivity contribution < 1.29 is 18.7 Å². The molecule has 2 aromatic rings. The van der Waals surface area contributed by atoms with Gasteiger partial charge in [-0.1, -0.05) is 6.07 Å². The van der Waals surface area contributed by atoms with Crippen molar-refractivity contribution in [3.05, 3.63) is 52.1 Å². The molecule has 0 heterocycles. The first-order chi connectivity index (χ1) is 8.93. The van der Waals surface area contributed by atoms with Gasteiger partial charge < -0.3 is 5.11 Å². The molecule has 0 unspecified atom stereocenters. The lowest BCUT2D eigenvalue weighted by molar-refractivity contribution is 0.104. The van der Waals surface area contributed by atoms with E-state index in [1.165, 1.54) is 19.1 Å². The maximum atomic E-state index is 14.3. The molecule has 0 atom stereocenters. The molecule has 0 aromatic heterocycles. The minimum atomic E-state index is -0.562. The molecule has 2 nitrogen and oxygen atoms in total. The highest BCUT2D eigenvalue weighted by Crippen LogP contribution is 2.45. The van der Waals surface area contributed by atoms with Crippen molar-refractivity contribution in [2.45, 2.75) is 13.8 Å². The fourth-order valence-electron chi connectivity index (χ4n) is 2.48. The van der Waals surface area contributed by atoms with Gasteiger partial charge in [0.05, 0.1) is 5.56 Å². The zero-order valence-electron chi connectivity index (χ0n) is 10.3. The number of fused-ring (bicyclic) bond motifs is 3. The molecule has 1 aliphatic rings. The maximum absolute atomic E-state index is 14.3. The number of halogens is 2. The summed E-state index contributed by atoms with van der Waals surface area (Å²) in [5.41, 5.74) is 1.05. The van der Waals surface area contributed by atoms with Gasteiger partial charge in [0.15, 0.2) is 5.78 Å². The van der Waals surface area contributed by atoms with Crippen LogP contribution in [0, 0.1) is 25.5 Å². The number of rotatable bonds is 0. The SMILES string of the molecule is Cc1c(C)c(F)c2c(c1O)C(=O)c1cc(F)ccc1-2. The van der Waals surface area contributed by atoms with Gasteiger partial charge in [0.25, 0.3) is 0 Å². The van der Waals surface area contributed by atoms with E-state index in [1.807, 2.05) is 0 Å². The summed E-state index contributed by atoms with van der Waals surface area (Å²) in [6.07, 6.45) is 0. The molecule has 0 fully saturated rings. The van der Waals surface area contributed by atoms with Crippen LogP contribution in [0.2, 0.25) is 0 Å². The van der Waals surface area contributed by atoms with Gasteiger partial charge in [-0.15, -0.1) is 0 Å². The largest absolute Gasteiger partial charge is 0.507 e. The number of hydrogen-bond acceptors (Lipinski definition) is 2. The van der Waals surface area contributed by atoms with Crippen LogP contribution in [0.15, 0.2) is 18.2 Å². The Labute approximate surface area is 108 Å². The number of phenolic OH excluding ortho intramolecular Hbond substituents is 1. The summed E-state index contributed by atoms with van der Waals surface area (Å²) < 4.78 is 27.5. The Kier molecular flexibility index (Phi) is 2.26. The van der Waals surface area contributed by atoms with E-state index in [2.05, 4.69) is 0 Å². The molecular weight excluding hydrogens is 250 g/mol. The summed E-state index contributed by atoms with van der Waals surface area (Å²) in [6.45, 7) is 3.08. The van der Waals surface area contributed by atoms with Gasteiger partial charge in [-0.25, -0.2) is 8.78 Å². The van der Waals surface area contributed by atoms with Crippen LogP contribution in [0.4, 0.5) is 8.78 Å². The number of hydrogen-bond donors (Lipinski definition) is 1. The minimum Gasteiger partial charge on any atom is -0.507 e. The summed E-state index contributed by atoms with van der Waals surface area (Å²) in [4.78, 5) is 12.2. The third kappa shape index (κ3) is 1.37. The Morgan fingerprint density at radius 1 is 1.00 bits per heavy atom. The highest BCUT2D eigenvalue weighted by Gasteiger charge is 2.34. The van der Waals surface area contributed by atoms with Crippen LogP contribution in [0.3, 0.4) is 0 Å². The van der Waals surface area contributed by atoms with Gasteiger partial charge in [0.2, 0.25) is 0 Å². The lowest BCUT2D eigenvalue weighted by atomic mass is 9.97. The normalized spacial score (nSPS) is 12.5. The quantitative estimate of drug-likeness (QED) is 0.671. The van der Waals surface area contributed by atoms with Crippen LogP contribution in [-0.2, 0) is 0 Å². The molecule has 0 amide bonds. The average molecular weight is 260 g/mol. The lowest BCUT2D eigenvalue weighted by Gasteiger charge is -2.11. The van der Waals surface area contributed by atoms with Gasteiger partial charge in [-0.05, 0) is 42.7 Å². The molecule has 0 spiro atoms. The first kappa shape index (κ1) is 11.8. The summed E-state index contributed by atoms with van der Waals surface area (Å²) in [5, 5.41) is 10.1. The van der Waals surface area contributed by atoms with Crippen molar-refractivity contribution >= 4 is 5.78 Å². The molecule has 0 aliphatic heterocycles. The third-order valence-corrected chi connectivity index (χ3v) is 3.68. The van der Waals surface area contributed by atoms with Gasteiger partial charge in [0.1, 0.15) is 17.4 Å². The van der Waals surface area contributed by atoms with Crippen molar-refractivity contribution in [3.63, 3.8) is 0 Å². The second kappa shape index (κ2) is 3.63. The van der Waals surface area contributed by atoms with Crippen molar-refractivity contribution in [1.82, 2.24) is 0 Å². The van der Waals surface area contributed by atoms with Gasteiger partial charge in [-0.2, -0.15) is 0 Å². The van der Waals surface area contributed by atoms with Crippen LogP contribution in [0.25, 0.3) is 11.1 Å². The van der Waals surface area contributed by atoms with Crippen LogP contribution < -0.4 is 0 Å². The van der Waals surface area contributed by atoms with E-state index < -0.39 is 17.4 Å². The van der Waals surface area contributed by atoms with Crippen molar-refractivity contribution in [3.8, 4) is 16.9 Å². The fraction of sp³-hybridized carbons (Fsp3) is 0.133. The van der Waals surface area contributed by atoms with Crippen molar-refractivity contribution in [1.29, 1.82) is 0 Å². The summed E-state index contributed by atoms with van der Waals surface area (Å²) >= 11 is 0. The number of benzene rings is 2. The zero-order valence-corrected chi connectivity index (χ0v) is 10.3. The summed E-state index contributed by atoms with van der Waals surface area (Å²) in [7, 11) is 0. The minimum absolute atomic E-state index is 0.0683. The topological polar surface area (TPSA) is 37.3 Å². The van der Waals surface area contributed by atoms with Gasteiger partial charge in [-0.3, -0.25) is 4.79 Å². The Bertz CT molecular complexity index is 749. The van der Waals surface area contributed by atoms with Crippen LogP contribution in [0.1, 0.15) is 27.0 Å². The zero-order chi connectivity index (χ0) is 13.9. The Morgan fingerprint density at radius 3 is 2.37 bits per heavy atom. The molecule has 2 aromatic carbocycles. The summed E-state index contributed by atoms with van der Waals surface area (Å²) in [6, 6.07) is 3.61. The predicted octanol–water partition coefficient (Wildman–Crippen LogP) is 3.50. The molecule has 3 rings (SSSR count). The van der Waals surface area contributed by atoms with E-state index in [0.717, 1.165) is 6.07 Å². The number of aromatic hydroxyl groups is 1. The number of ketones is 1. The van der Waals surface area contributed by atoms with Crippen molar-refractivity contribution in [2.75, 3.05) is 0 Å². The molecular formula is C15H10F2O2. The first-order valence-electron chi connectivity index (χ1n) is 5.79. The smallest absolute Gasteiger partial charge is 0.198 e. The fourth-order valence-corrected chi connectivity index (χ4v) is 2.48. The van der Waals surface area contributed by atoms with Crippen LogP contribution >= 0.6 is 0 Å². The Morgan fingerprint density at radius 2 is 1.68 bits per heavy atom. The van der Waals surface area contributed by atoms with Crippen molar-refractivity contribution in [2.24, 2.45) is 0 Å². The molecule has 1 N–H and O–H groups in total. The van der Waals surface area contributed by atoms with Gasteiger partial charge in [0, 0.05) is 11.1 Å². The number of phenols is 1. The van der Waals surface area contributed by atoms with E-state index in [-0.39, 0.29) is 22.4 Å². The monoisotopic (exact) mass is 260 g/mol. The van der Waals surface area contributed by atoms with E-state index in [1.54, 1.807) is 6.92 Å². The Hall–Kier alpha value is -2.23. The maximum Gasteiger partial charge on any atom is 0.198 e. The molecule has 4 heteroatoms. The first-order valence-corrected chi connectivity index (χ1v) is 5.79. The second-order valence-electron chi connectivity index (χ2n) is 4.68. The molecule has 0 radical (unpaired) electrons.